The Hall–Kier alpha value is -3.84. The van der Waals surface area contributed by atoms with Crippen molar-refractivity contribution >= 4 is 28.9 Å². The zero-order chi connectivity index (χ0) is 23.2. The van der Waals surface area contributed by atoms with Gasteiger partial charge in [-0.25, -0.2) is 0 Å². The van der Waals surface area contributed by atoms with E-state index in [-0.39, 0.29) is 5.91 Å². The third kappa shape index (κ3) is 5.32. The summed E-state index contributed by atoms with van der Waals surface area (Å²) < 4.78 is 11.4. The van der Waals surface area contributed by atoms with Gasteiger partial charge in [-0.1, -0.05) is 54.6 Å². The highest BCUT2D eigenvalue weighted by Gasteiger charge is 2.30. The minimum absolute atomic E-state index is 0.250. The van der Waals surface area contributed by atoms with Gasteiger partial charge in [-0.15, -0.1) is 0 Å². The Kier molecular flexibility index (Phi) is 6.90. The van der Waals surface area contributed by atoms with Crippen LogP contribution in [0.15, 0.2) is 90.1 Å². The first-order valence-corrected chi connectivity index (χ1v) is 11.0. The number of allylic oxidation sites excluding steroid dienone is 1. The van der Waals surface area contributed by atoms with Crippen molar-refractivity contribution in [3.8, 4) is 11.5 Å². The zero-order valence-corrected chi connectivity index (χ0v) is 19.2. The van der Waals surface area contributed by atoms with Crippen LogP contribution in [0.3, 0.4) is 0 Å². The number of methoxy groups -OCH3 is 1. The number of anilines is 1. The molecule has 0 saturated carbocycles. The van der Waals surface area contributed by atoms with E-state index in [0.717, 1.165) is 11.1 Å². The van der Waals surface area contributed by atoms with Gasteiger partial charge in [-0.3, -0.25) is 4.79 Å². The normalized spacial score (nSPS) is 15.3. The minimum Gasteiger partial charge on any atom is -0.495 e. The van der Waals surface area contributed by atoms with E-state index in [1.54, 1.807) is 19.2 Å². The van der Waals surface area contributed by atoms with Crippen molar-refractivity contribution in [1.82, 2.24) is 10.6 Å². The highest BCUT2D eigenvalue weighted by molar-refractivity contribution is 7.80. The van der Waals surface area contributed by atoms with Crippen molar-refractivity contribution in [3.63, 3.8) is 0 Å². The maximum Gasteiger partial charge on any atom is 0.255 e. The first kappa shape index (κ1) is 22.4. The van der Waals surface area contributed by atoms with Crippen LogP contribution < -0.4 is 25.4 Å². The summed E-state index contributed by atoms with van der Waals surface area (Å²) in [6, 6.07) is 24.5. The van der Waals surface area contributed by atoms with Gasteiger partial charge in [0, 0.05) is 5.70 Å². The molecule has 0 spiro atoms. The summed E-state index contributed by atoms with van der Waals surface area (Å²) >= 11 is 5.38. The third-order valence-corrected chi connectivity index (χ3v) is 5.53. The van der Waals surface area contributed by atoms with Crippen LogP contribution >= 0.6 is 12.2 Å². The molecule has 33 heavy (non-hydrogen) atoms. The van der Waals surface area contributed by atoms with Crippen LogP contribution in [0.4, 0.5) is 5.69 Å². The molecule has 1 heterocycles. The highest BCUT2D eigenvalue weighted by atomic mass is 32.1. The van der Waals surface area contributed by atoms with E-state index in [4.69, 9.17) is 21.7 Å². The maximum absolute atomic E-state index is 13.4. The number of benzene rings is 3. The molecule has 1 atom stereocenters. The molecular formula is C26H25N3O3S. The van der Waals surface area contributed by atoms with Crippen LogP contribution in [0.2, 0.25) is 0 Å². The number of thiocarbonyl (C=S) groups is 1. The van der Waals surface area contributed by atoms with Gasteiger partial charge in [-0.05, 0) is 54.5 Å². The lowest BCUT2D eigenvalue weighted by atomic mass is 9.94. The minimum atomic E-state index is -0.436. The van der Waals surface area contributed by atoms with Gasteiger partial charge in [0.25, 0.3) is 5.91 Å². The number of amides is 1. The summed E-state index contributed by atoms with van der Waals surface area (Å²) in [4.78, 5) is 13.4. The van der Waals surface area contributed by atoms with E-state index in [1.165, 1.54) is 0 Å². The molecule has 3 aromatic carbocycles. The molecule has 0 saturated heterocycles. The molecule has 0 bridgehead atoms. The van der Waals surface area contributed by atoms with Gasteiger partial charge in [0.05, 0.1) is 24.4 Å². The van der Waals surface area contributed by atoms with Crippen LogP contribution in [0, 0.1) is 0 Å². The highest BCUT2D eigenvalue weighted by Crippen LogP contribution is 2.31. The van der Waals surface area contributed by atoms with Crippen molar-refractivity contribution in [2.75, 3.05) is 12.4 Å². The Morgan fingerprint density at radius 1 is 1.03 bits per heavy atom. The van der Waals surface area contributed by atoms with Gasteiger partial charge in [0.2, 0.25) is 0 Å². The fourth-order valence-electron chi connectivity index (χ4n) is 3.71. The monoisotopic (exact) mass is 459 g/mol. The summed E-state index contributed by atoms with van der Waals surface area (Å²) in [6.07, 6.45) is 0. The van der Waals surface area contributed by atoms with Gasteiger partial charge >= 0.3 is 0 Å². The molecule has 1 aliphatic rings. The lowest BCUT2D eigenvalue weighted by Gasteiger charge is -2.30. The zero-order valence-electron chi connectivity index (χ0n) is 18.4. The molecule has 1 amide bonds. The molecule has 4 rings (SSSR count). The molecule has 0 aromatic heterocycles. The average molecular weight is 460 g/mol. The average Bonchev–Trinajstić information content (AvgIpc) is 2.83. The second kappa shape index (κ2) is 10.2. The first-order valence-electron chi connectivity index (χ1n) is 10.5. The van der Waals surface area contributed by atoms with Gasteiger partial charge in [0.15, 0.2) is 5.11 Å². The Labute approximate surface area is 198 Å². The van der Waals surface area contributed by atoms with Gasteiger partial charge in [-0.2, -0.15) is 0 Å². The molecule has 7 heteroatoms. The predicted molar refractivity (Wildman–Crippen MR) is 133 cm³/mol. The van der Waals surface area contributed by atoms with Crippen LogP contribution in [0.25, 0.3) is 0 Å². The Morgan fingerprint density at radius 2 is 1.79 bits per heavy atom. The van der Waals surface area contributed by atoms with Crippen molar-refractivity contribution in [2.24, 2.45) is 0 Å². The van der Waals surface area contributed by atoms with E-state index in [2.05, 4.69) is 16.0 Å². The number of nitrogens with one attached hydrogen (secondary N) is 3. The Bertz CT molecular complexity index is 1190. The van der Waals surface area contributed by atoms with Crippen molar-refractivity contribution in [3.05, 3.63) is 101 Å². The largest absolute Gasteiger partial charge is 0.495 e. The van der Waals surface area contributed by atoms with Crippen LogP contribution in [-0.4, -0.2) is 18.1 Å². The predicted octanol–water partition coefficient (Wildman–Crippen LogP) is 4.71. The van der Waals surface area contributed by atoms with Gasteiger partial charge < -0.3 is 25.4 Å². The molecular weight excluding hydrogens is 434 g/mol. The second-order valence-corrected chi connectivity index (χ2v) is 7.98. The Balaban J connectivity index is 1.59. The summed E-state index contributed by atoms with van der Waals surface area (Å²) in [5.74, 6) is 1.05. The quantitative estimate of drug-likeness (QED) is 0.445. The van der Waals surface area contributed by atoms with Crippen LogP contribution in [0.1, 0.15) is 24.1 Å². The fourth-order valence-corrected chi connectivity index (χ4v) is 3.98. The van der Waals surface area contributed by atoms with E-state index in [0.29, 0.717) is 40.2 Å². The number of carbonyl (C=O) groups excluding carboxylic acids is 1. The fraction of sp³-hybridized carbons (Fsp3) is 0.154. The van der Waals surface area contributed by atoms with Crippen molar-refractivity contribution < 1.29 is 14.3 Å². The molecule has 1 unspecified atom stereocenters. The van der Waals surface area contributed by atoms with E-state index in [9.17, 15) is 4.79 Å². The number of rotatable bonds is 7. The number of hydrogen-bond acceptors (Lipinski definition) is 4. The smallest absolute Gasteiger partial charge is 0.255 e. The van der Waals surface area contributed by atoms with Crippen LogP contribution in [-0.2, 0) is 11.4 Å². The lowest BCUT2D eigenvalue weighted by molar-refractivity contribution is -0.113. The third-order valence-electron chi connectivity index (χ3n) is 5.31. The van der Waals surface area contributed by atoms with E-state index >= 15 is 0 Å². The molecule has 0 aliphatic carbocycles. The molecule has 168 valence electrons. The van der Waals surface area contributed by atoms with Gasteiger partial charge in [0.1, 0.15) is 18.1 Å². The standard InChI is InChI=1S/C26H25N3O3S/c1-17-23(25(30)28-21-13-6-7-14-22(21)31-2)24(29-26(33)27-17)19-11-8-12-20(15-19)32-16-18-9-4-3-5-10-18/h3-15,24H,16H2,1-2H3,(H,28,30)(H2,27,29,33). The number of carbonyl (C=O) groups is 1. The number of ether oxygens (including phenoxy) is 2. The summed E-state index contributed by atoms with van der Waals surface area (Å²) in [7, 11) is 1.57. The molecule has 1 aliphatic heterocycles. The first-order chi connectivity index (χ1) is 16.0. The van der Waals surface area contributed by atoms with Crippen molar-refractivity contribution in [2.45, 2.75) is 19.6 Å². The Morgan fingerprint density at radius 3 is 2.58 bits per heavy atom. The SMILES string of the molecule is COc1ccccc1NC(=O)C1=C(C)NC(=S)NC1c1cccc(OCc2ccccc2)c1. The lowest BCUT2D eigenvalue weighted by Crippen LogP contribution is -2.45. The number of hydrogen-bond donors (Lipinski definition) is 3. The maximum atomic E-state index is 13.4. The van der Waals surface area contributed by atoms with Crippen molar-refractivity contribution in [1.29, 1.82) is 0 Å². The summed E-state index contributed by atoms with van der Waals surface area (Å²) in [6.45, 7) is 2.30. The molecule has 3 aromatic rings. The summed E-state index contributed by atoms with van der Waals surface area (Å²) in [5.41, 5.74) is 3.77. The molecule has 0 fully saturated rings. The van der Waals surface area contributed by atoms with Crippen LogP contribution in [0.5, 0.6) is 11.5 Å². The summed E-state index contributed by atoms with van der Waals surface area (Å²) in [5, 5.41) is 9.71. The molecule has 6 nitrogen and oxygen atoms in total. The molecule has 0 radical (unpaired) electrons. The van der Waals surface area contributed by atoms with E-state index in [1.807, 2.05) is 73.7 Å². The topological polar surface area (TPSA) is 71.6 Å². The van der Waals surface area contributed by atoms with E-state index < -0.39 is 6.04 Å². The second-order valence-electron chi connectivity index (χ2n) is 7.57. The molecule has 3 N–H and O–H groups in total. The number of para-hydroxylation sites is 2.